The number of ether oxygens (including phenoxy) is 2. The standard InChI is InChI=1S/C7H4N2O6/c10-8(11)7(9(12)13)14-5-3-1-2-4-6(5)15-7/h1-4H. The second-order valence-corrected chi connectivity index (χ2v) is 2.71. The van der Waals surface area contributed by atoms with E-state index in [2.05, 4.69) is 9.47 Å². The van der Waals surface area contributed by atoms with E-state index >= 15 is 0 Å². The van der Waals surface area contributed by atoms with Crippen LogP contribution in [-0.2, 0) is 0 Å². The Morgan fingerprint density at radius 3 is 1.73 bits per heavy atom. The fourth-order valence-electron chi connectivity index (χ4n) is 1.14. The van der Waals surface area contributed by atoms with Gasteiger partial charge in [0.25, 0.3) is 0 Å². The fourth-order valence-corrected chi connectivity index (χ4v) is 1.14. The minimum atomic E-state index is -3.05. The summed E-state index contributed by atoms with van der Waals surface area (Å²) >= 11 is 0. The van der Waals surface area contributed by atoms with Gasteiger partial charge in [-0.2, -0.15) is 0 Å². The van der Waals surface area contributed by atoms with Crippen molar-refractivity contribution in [3.63, 3.8) is 0 Å². The highest BCUT2D eigenvalue weighted by Crippen LogP contribution is 2.39. The zero-order chi connectivity index (χ0) is 11.1. The van der Waals surface area contributed by atoms with E-state index in [1.165, 1.54) is 24.3 Å². The van der Waals surface area contributed by atoms with Crippen molar-refractivity contribution in [1.29, 1.82) is 0 Å². The van der Waals surface area contributed by atoms with Crippen LogP contribution >= 0.6 is 0 Å². The van der Waals surface area contributed by atoms with E-state index in [9.17, 15) is 20.2 Å². The number of nitro groups is 2. The van der Waals surface area contributed by atoms with Gasteiger partial charge in [-0.25, -0.2) is 0 Å². The summed E-state index contributed by atoms with van der Waals surface area (Å²) in [5.41, 5.74) is 0. The van der Waals surface area contributed by atoms with Gasteiger partial charge >= 0.3 is 6.03 Å². The highest BCUT2D eigenvalue weighted by molar-refractivity contribution is 5.41. The minimum absolute atomic E-state index is 0.0223. The molecule has 0 saturated carbocycles. The molecule has 0 atom stereocenters. The Balaban J connectivity index is 2.45. The molecule has 15 heavy (non-hydrogen) atoms. The van der Waals surface area contributed by atoms with E-state index in [4.69, 9.17) is 0 Å². The van der Waals surface area contributed by atoms with Crippen LogP contribution in [0.15, 0.2) is 24.3 Å². The van der Waals surface area contributed by atoms with Crippen molar-refractivity contribution in [3.05, 3.63) is 44.5 Å². The quantitative estimate of drug-likeness (QED) is 0.404. The molecule has 0 aromatic heterocycles. The lowest BCUT2D eigenvalue weighted by Crippen LogP contribution is -2.53. The molecule has 0 saturated heterocycles. The maximum Gasteiger partial charge on any atom is 0.812 e. The first-order chi connectivity index (χ1) is 7.06. The highest BCUT2D eigenvalue weighted by Gasteiger charge is 2.69. The molecular weight excluding hydrogens is 208 g/mol. The molecule has 8 nitrogen and oxygen atoms in total. The van der Waals surface area contributed by atoms with Gasteiger partial charge in [0.05, 0.1) is 0 Å². The van der Waals surface area contributed by atoms with Gasteiger partial charge in [-0.1, -0.05) is 12.1 Å². The zero-order valence-corrected chi connectivity index (χ0v) is 7.15. The molecule has 0 unspecified atom stereocenters. The lowest BCUT2D eigenvalue weighted by Gasteiger charge is -2.06. The fraction of sp³-hybridized carbons (Fsp3) is 0.143. The number of rotatable bonds is 2. The van der Waals surface area contributed by atoms with E-state index in [0.29, 0.717) is 0 Å². The molecule has 78 valence electrons. The number of nitrogens with zero attached hydrogens (tertiary/aromatic N) is 2. The maximum absolute atomic E-state index is 10.5. The molecule has 8 heteroatoms. The number of hydrogen-bond acceptors (Lipinski definition) is 6. The molecule has 1 aliphatic rings. The van der Waals surface area contributed by atoms with Crippen molar-refractivity contribution in [2.75, 3.05) is 0 Å². The van der Waals surface area contributed by atoms with Crippen LogP contribution in [0, 0.1) is 20.2 Å². The van der Waals surface area contributed by atoms with Crippen LogP contribution < -0.4 is 9.47 Å². The molecule has 1 aliphatic heterocycles. The van der Waals surface area contributed by atoms with Crippen molar-refractivity contribution < 1.29 is 19.3 Å². The Morgan fingerprint density at radius 2 is 1.40 bits per heavy atom. The van der Waals surface area contributed by atoms with Gasteiger partial charge in [-0.3, -0.25) is 20.2 Å². The topological polar surface area (TPSA) is 105 Å². The van der Waals surface area contributed by atoms with E-state index in [0.717, 1.165) is 0 Å². The first-order valence-electron chi connectivity index (χ1n) is 3.82. The van der Waals surface area contributed by atoms with Gasteiger partial charge in [0.2, 0.25) is 0 Å². The van der Waals surface area contributed by atoms with Crippen LogP contribution in [0.2, 0.25) is 0 Å². The van der Waals surface area contributed by atoms with Crippen molar-refractivity contribution in [2.24, 2.45) is 0 Å². The summed E-state index contributed by atoms with van der Waals surface area (Å²) in [4.78, 5) is 18.6. The van der Waals surface area contributed by atoms with E-state index in [-0.39, 0.29) is 11.5 Å². The first kappa shape index (κ1) is 9.19. The summed E-state index contributed by atoms with van der Waals surface area (Å²) < 4.78 is 9.19. The largest absolute Gasteiger partial charge is 0.812 e. The Kier molecular flexibility index (Phi) is 1.72. The van der Waals surface area contributed by atoms with Crippen molar-refractivity contribution in [1.82, 2.24) is 0 Å². The van der Waals surface area contributed by atoms with Gasteiger partial charge < -0.3 is 9.47 Å². The molecular formula is C7H4N2O6. The average molecular weight is 212 g/mol. The third-order valence-electron chi connectivity index (χ3n) is 1.80. The van der Waals surface area contributed by atoms with Crippen molar-refractivity contribution >= 4 is 0 Å². The monoisotopic (exact) mass is 212 g/mol. The lowest BCUT2D eigenvalue weighted by molar-refractivity contribution is -0.878. The molecule has 0 aliphatic carbocycles. The molecule has 0 fully saturated rings. The third-order valence-corrected chi connectivity index (χ3v) is 1.80. The second-order valence-electron chi connectivity index (χ2n) is 2.71. The summed E-state index contributed by atoms with van der Waals surface area (Å²) in [6.07, 6.45) is 0. The molecule has 0 amide bonds. The Labute approximate surface area is 82.3 Å². The van der Waals surface area contributed by atoms with Crippen LogP contribution in [0.4, 0.5) is 0 Å². The van der Waals surface area contributed by atoms with E-state index in [1.54, 1.807) is 0 Å². The molecule has 0 bridgehead atoms. The van der Waals surface area contributed by atoms with Crippen LogP contribution in [0.5, 0.6) is 11.5 Å². The van der Waals surface area contributed by atoms with Crippen LogP contribution in [0.25, 0.3) is 0 Å². The van der Waals surface area contributed by atoms with Gasteiger partial charge in [-0.05, 0) is 12.1 Å². The molecule has 2 rings (SSSR count). The van der Waals surface area contributed by atoms with Gasteiger partial charge in [0.1, 0.15) is 0 Å². The van der Waals surface area contributed by atoms with Gasteiger partial charge in [-0.15, -0.1) is 0 Å². The third kappa shape index (κ3) is 1.15. The Hall–Kier alpha value is -2.38. The highest BCUT2D eigenvalue weighted by atomic mass is 16.9. The van der Waals surface area contributed by atoms with Crippen LogP contribution in [0.3, 0.4) is 0 Å². The number of para-hydroxylation sites is 2. The summed E-state index contributed by atoms with van der Waals surface area (Å²) in [6, 6.07) is 2.70. The van der Waals surface area contributed by atoms with Crippen LogP contribution in [0.1, 0.15) is 0 Å². The van der Waals surface area contributed by atoms with Gasteiger partial charge in [0.15, 0.2) is 21.3 Å². The Bertz CT molecular complexity index is 404. The normalized spacial score (nSPS) is 16.0. The van der Waals surface area contributed by atoms with Crippen molar-refractivity contribution in [3.8, 4) is 11.5 Å². The predicted molar refractivity (Wildman–Crippen MR) is 44.4 cm³/mol. The zero-order valence-electron chi connectivity index (χ0n) is 7.15. The van der Waals surface area contributed by atoms with Crippen LogP contribution in [-0.4, -0.2) is 15.9 Å². The molecule has 1 heterocycles. The summed E-state index contributed by atoms with van der Waals surface area (Å²) in [6.45, 7) is 0. The maximum atomic E-state index is 10.5. The van der Waals surface area contributed by atoms with Crippen molar-refractivity contribution in [2.45, 2.75) is 6.03 Å². The summed E-state index contributed by atoms with van der Waals surface area (Å²) in [7, 11) is 0. The number of fused-ring (bicyclic) bond motifs is 1. The van der Waals surface area contributed by atoms with E-state index in [1.807, 2.05) is 0 Å². The summed E-state index contributed by atoms with van der Waals surface area (Å²) in [5.74, 6) is -0.0446. The van der Waals surface area contributed by atoms with E-state index < -0.39 is 15.9 Å². The smallest absolute Gasteiger partial charge is 0.329 e. The number of benzene rings is 1. The average Bonchev–Trinajstić information content (AvgIpc) is 2.57. The molecule has 0 N–H and O–H groups in total. The second kappa shape index (κ2) is 2.80. The predicted octanol–water partition coefficient (Wildman–Crippen LogP) is 0.622. The Morgan fingerprint density at radius 1 is 1.00 bits per heavy atom. The first-order valence-corrected chi connectivity index (χ1v) is 3.82. The summed E-state index contributed by atoms with van der Waals surface area (Å²) in [5, 5.41) is 21.1. The molecule has 0 radical (unpaired) electrons. The lowest BCUT2D eigenvalue weighted by atomic mass is 10.3. The molecule has 0 spiro atoms. The minimum Gasteiger partial charge on any atom is -0.329 e. The SMILES string of the molecule is O=[N+]([O-])C1([N+](=O)[O-])Oc2ccccc2O1. The van der Waals surface area contributed by atoms with Gasteiger partial charge in [0, 0.05) is 0 Å². The number of hydrogen-bond donors (Lipinski definition) is 0. The molecule has 1 aromatic carbocycles. The molecule has 1 aromatic rings.